The molecule has 1 heterocycles. The molecule has 0 saturated heterocycles. The minimum atomic E-state index is -4.53. The maximum Gasteiger partial charge on any atom is 0.416 e. The summed E-state index contributed by atoms with van der Waals surface area (Å²) in [7, 11) is 0. The Labute approximate surface area is 254 Å². The first-order chi connectivity index (χ1) is 22.0. The van der Waals surface area contributed by atoms with Crippen molar-refractivity contribution in [2.45, 2.75) is 12.4 Å². The zero-order valence-electron chi connectivity index (χ0n) is 23.0. The summed E-state index contributed by atoms with van der Waals surface area (Å²) in [6, 6.07) is 19.5. The molecule has 0 aliphatic heterocycles. The van der Waals surface area contributed by atoms with Crippen molar-refractivity contribution >= 4 is 43.6 Å². The number of hydrogen-bond donors (Lipinski definition) is 0. The molecular formula is C34H14F6N6. The van der Waals surface area contributed by atoms with Crippen molar-refractivity contribution in [3.63, 3.8) is 0 Å². The van der Waals surface area contributed by atoms with Gasteiger partial charge in [0, 0.05) is 21.5 Å². The first-order valence-corrected chi connectivity index (χ1v) is 13.5. The van der Waals surface area contributed by atoms with Crippen LogP contribution < -0.4 is 10.7 Å². The van der Waals surface area contributed by atoms with Crippen LogP contribution in [0.2, 0.25) is 0 Å². The Morgan fingerprint density at radius 1 is 0.478 bits per heavy atom. The van der Waals surface area contributed by atoms with E-state index in [9.17, 15) is 36.9 Å². The van der Waals surface area contributed by atoms with Crippen molar-refractivity contribution in [2.75, 3.05) is 0 Å². The summed E-state index contributed by atoms with van der Waals surface area (Å²) in [5.41, 5.74) is 1.07. The Bertz CT molecular complexity index is 2410. The van der Waals surface area contributed by atoms with Gasteiger partial charge in [-0.3, -0.25) is 0 Å². The number of halogens is 6. The molecule has 0 spiro atoms. The number of fused-ring (bicyclic) bond motifs is 6. The van der Waals surface area contributed by atoms with Gasteiger partial charge in [-0.05, 0) is 58.7 Å². The van der Waals surface area contributed by atoms with E-state index in [-0.39, 0.29) is 21.7 Å². The highest BCUT2D eigenvalue weighted by molar-refractivity contribution is 6.15. The molecular weight excluding hydrogens is 606 g/mol. The highest BCUT2D eigenvalue weighted by Gasteiger charge is 2.31. The second-order valence-electron chi connectivity index (χ2n) is 10.4. The maximum atomic E-state index is 13.4. The smallest absolute Gasteiger partial charge is 0.241 e. The van der Waals surface area contributed by atoms with Crippen molar-refractivity contribution in [3.8, 4) is 34.6 Å². The van der Waals surface area contributed by atoms with Crippen LogP contribution in [0.3, 0.4) is 0 Å². The quantitative estimate of drug-likeness (QED) is 0.144. The molecule has 6 aromatic carbocycles. The first kappa shape index (κ1) is 28.6. The van der Waals surface area contributed by atoms with Crippen molar-refractivity contribution in [1.82, 2.24) is 9.97 Å². The van der Waals surface area contributed by atoms with Crippen LogP contribution in [-0.4, -0.2) is 9.97 Å². The Morgan fingerprint density at radius 2 is 0.870 bits per heavy atom. The number of aromatic nitrogens is 2. The predicted octanol–water partition coefficient (Wildman–Crippen LogP) is 8.10. The number of nitriles is 2. The van der Waals surface area contributed by atoms with Crippen LogP contribution in [0.15, 0.2) is 94.9 Å². The van der Waals surface area contributed by atoms with E-state index in [0.29, 0.717) is 54.8 Å². The van der Waals surface area contributed by atoms with Gasteiger partial charge in [-0.2, -0.15) is 46.9 Å². The van der Waals surface area contributed by atoms with E-state index in [0.717, 1.165) is 24.3 Å². The molecule has 0 atom stereocenters. The van der Waals surface area contributed by atoms with E-state index in [2.05, 4.69) is 9.98 Å². The number of alkyl halides is 6. The molecule has 7 rings (SSSR count). The van der Waals surface area contributed by atoms with Gasteiger partial charge in [0.1, 0.15) is 21.7 Å². The number of benzene rings is 4. The number of rotatable bonds is 2. The zero-order chi connectivity index (χ0) is 32.4. The van der Waals surface area contributed by atoms with E-state index >= 15 is 0 Å². The standard InChI is InChI=1S/C34H14F6N6/c35-33(36,37)21-5-1-3-17(11-21)19-7-9-23-25(13-19)27(43-15-41)31-29(23)45-32-28(44-16-42)26-14-20(8-10-24(26)30(32)46-31)18-4-2-6-22(12-18)34(38,39)40/h1-14H/b43-27-,44-28+. The van der Waals surface area contributed by atoms with E-state index in [1.165, 1.54) is 12.1 Å². The Morgan fingerprint density at radius 3 is 1.24 bits per heavy atom. The molecule has 46 heavy (non-hydrogen) atoms. The lowest BCUT2D eigenvalue weighted by molar-refractivity contribution is -0.138. The Kier molecular flexibility index (Phi) is 6.35. The van der Waals surface area contributed by atoms with Gasteiger partial charge in [-0.15, -0.1) is 0 Å². The van der Waals surface area contributed by atoms with Crippen LogP contribution in [0.4, 0.5) is 26.3 Å². The van der Waals surface area contributed by atoms with Gasteiger partial charge >= 0.3 is 12.4 Å². The van der Waals surface area contributed by atoms with Gasteiger partial charge < -0.3 is 0 Å². The van der Waals surface area contributed by atoms with Crippen LogP contribution in [-0.2, 0) is 12.4 Å². The molecule has 1 aromatic heterocycles. The Hall–Kier alpha value is -6.14. The molecule has 6 nitrogen and oxygen atoms in total. The molecule has 7 aromatic rings. The van der Waals surface area contributed by atoms with E-state index in [4.69, 9.17) is 9.97 Å². The summed E-state index contributed by atoms with van der Waals surface area (Å²) in [4.78, 5) is 17.5. The fourth-order valence-electron chi connectivity index (χ4n) is 5.73. The normalized spacial score (nSPS) is 13.2. The number of nitrogens with zero attached hydrogens (tertiary/aromatic N) is 6. The van der Waals surface area contributed by atoms with E-state index < -0.39 is 23.5 Å². The molecule has 0 bridgehead atoms. The van der Waals surface area contributed by atoms with Crippen LogP contribution in [0, 0.1) is 22.9 Å². The molecule has 0 unspecified atom stereocenters. The van der Waals surface area contributed by atoms with Gasteiger partial charge in [0.05, 0.1) is 22.2 Å². The Balaban J connectivity index is 1.48. The average molecular weight is 621 g/mol. The minimum absolute atomic E-state index is 0.171. The second-order valence-corrected chi connectivity index (χ2v) is 10.4. The molecule has 0 amide bonds. The predicted molar refractivity (Wildman–Crippen MR) is 158 cm³/mol. The van der Waals surface area contributed by atoms with E-state index in [1.807, 2.05) is 0 Å². The maximum absolute atomic E-state index is 13.4. The van der Waals surface area contributed by atoms with Gasteiger partial charge in [-0.25, -0.2) is 9.97 Å². The average Bonchev–Trinajstić information content (AvgIpc) is 3.50. The summed E-state index contributed by atoms with van der Waals surface area (Å²) in [5.74, 6) is 0. The van der Waals surface area contributed by atoms with Crippen LogP contribution in [0.1, 0.15) is 11.1 Å². The SMILES string of the molecule is N#C/N=c1/c2cc(-c3cccc(C(F)(F)F)c3)ccc2c2nc3/c(=N/C#N)c4cc(-c5cccc(C(F)(F)F)c5)ccc4c3nc12. The first-order valence-electron chi connectivity index (χ1n) is 13.5. The second kappa shape index (κ2) is 10.2. The monoisotopic (exact) mass is 620 g/mol. The highest BCUT2D eigenvalue weighted by Crippen LogP contribution is 2.36. The fraction of sp³-hybridized carbons (Fsp3) is 0.0588. The van der Waals surface area contributed by atoms with Crippen LogP contribution >= 0.6 is 0 Å². The highest BCUT2D eigenvalue weighted by atomic mass is 19.4. The fourth-order valence-corrected chi connectivity index (χ4v) is 5.73. The molecule has 0 radical (unpaired) electrons. The largest absolute Gasteiger partial charge is 0.416 e. The molecule has 0 saturated carbocycles. The third-order valence-electron chi connectivity index (χ3n) is 7.77. The molecule has 12 heteroatoms. The lowest BCUT2D eigenvalue weighted by atomic mass is 10.0. The third kappa shape index (κ3) is 4.59. The van der Waals surface area contributed by atoms with Gasteiger partial charge in [0.2, 0.25) is 12.4 Å². The molecule has 222 valence electrons. The van der Waals surface area contributed by atoms with Crippen molar-refractivity contribution in [1.29, 1.82) is 10.5 Å². The zero-order valence-corrected chi connectivity index (χ0v) is 23.0. The van der Waals surface area contributed by atoms with Crippen molar-refractivity contribution in [2.24, 2.45) is 9.98 Å². The van der Waals surface area contributed by atoms with Gasteiger partial charge in [-0.1, -0.05) is 48.5 Å². The van der Waals surface area contributed by atoms with Crippen molar-refractivity contribution in [3.05, 3.63) is 107 Å². The topological polar surface area (TPSA) is 98.1 Å². The minimum Gasteiger partial charge on any atom is -0.241 e. The lowest BCUT2D eigenvalue weighted by Crippen LogP contribution is -2.04. The van der Waals surface area contributed by atoms with Gasteiger partial charge in [0.25, 0.3) is 0 Å². The summed E-state index contributed by atoms with van der Waals surface area (Å²) in [6.07, 6.45) is -5.54. The molecule has 0 aliphatic rings. The van der Waals surface area contributed by atoms with Crippen LogP contribution in [0.25, 0.3) is 65.9 Å². The molecule has 0 aliphatic carbocycles. The summed E-state index contributed by atoms with van der Waals surface area (Å²) >= 11 is 0. The summed E-state index contributed by atoms with van der Waals surface area (Å²) in [5, 5.41) is 21.3. The lowest BCUT2D eigenvalue weighted by Gasteiger charge is -2.09. The molecule has 0 N–H and O–H groups in total. The van der Waals surface area contributed by atoms with E-state index in [1.54, 1.807) is 60.9 Å². The third-order valence-corrected chi connectivity index (χ3v) is 7.77. The molecule has 0 fully saturated rings. The van der Waals surface area contributed by atoms with Crippen molar-refractivity contribution < 1.29 is 26.3 Å². The summed E-state index contributed by atoms with van der Waals surface area (Å²) in [6.45, 7) is 0. The number of hydrogen-bond acceptors (Lipinski definition) is 6. The summed E-state index contributed by atoms with van der Waals surface area (Å²) < 4.78 is 80.3. The van der Waals surface area contributed by atoms with Crippen LogP contribution in [0.5, 0.6) is 0 Å². The van der Waals surface area contributed by atoms with Gasteiger partial charge in [0.15, 0.2) is 0 Å².